The molecule has 0 saturated carbocycles. The normalized spacial score (nSPS) is 15.2. The Bertz CT molecular complexity index is 826. The largest absolute Gasteiger partial charge is 0.454 e. The molecule has 2 aromatic carbocycles. The van der Waals surface area contributed by atoms with Crippen LogP contribution in [0.25, 0.3) is 0 Å². The average Bonchev–Trinajstić information content (AvgIpc) is 3.37. The summed E-state index contributed by atoms with van der Waals surface area (Å²) >= 11 is 0. The van der Waals surface area contributed by atoms with Crippen molar-refractivity contribution in [3.8, 4) is 11.5 Å². The minimum atomic E-state index is -0.180. The predicted octanol–water partition coefficient (Wildman–Crippen LogP) is 2.58. The molecule has 2 aliphatic heterocycles. The number of carbonyl (C=O) groups is 2. The van der Waals surface area contributed by atoms with E-state index in [-0.39, 0.29) is 18.6 Å². The minimum absolute atomic E-state index is 0.0819. The third-order valence-electron chi connectivity index (χ3n) is 4.68. The van der Waals surface area contributed by atoms with Crippen LogP contribution in [0.1, 0.15) is 39.1 Å². The Hall–Kier alpha value is -3.02. The Labute approximate surface area is 151 Å². The molecule has 2 heterocycles. The zero-order chi connectivity index (χ0) is 17.9. The van der Waals surface area contributed by atoms with Gasteiger partial charge >= 0.3 is 0 Å². The van der Waals surface area contributed by atoms with Gasteiger partial charge in [0.25, 0.3) is 11.8 Å². The van der Waals surface area contributed by atoms with E-state index in [2.05, 4.69) is 5.32 Å². The lowest BCUT2D eigenvalue weighted by atomic mass is 10.1. The zero-order valence-corrected chi connectivity index (χ0v) is 14.4. The molecule has 4 rings (SSSR count). The second-order valence-electron chi connectivity index (χ2n) is 6.45. The summed E-state index contributed by atoms with van der Waals surface area (Å²) in [5.74, 6) is 1.14. The molecule has 0 radical (unpaired) electrons. The molecule has 2 amide bonds. The maximum atomic E-state index is 12.3. The first-order valence-corrected chi connectivity index (χ1v) is 8.77. The van der Waals surface area contributed by atoms with Gasteiger partial charge in [-0.15, -0.1) is 0 Å². The van der Waals surface area contributed by atoms with Gasteiger partial charge in [0.1, 0.15) is 0 Å². The van der Waals surface area contributed by atoms with E-state index in [4.69, 9.17) is 9.47 Å². The number of rotatable bonds is 4. The van der Waals surface area contributed by atoms with Crippen molar-refractivity contribution in [2.75, 3.05) is 19.9 Å². The van der Waals surface area contributed by atoms with Crippen LogP contribution in [0.3, 0.4) is 0 Å². The number of nitrogens with one attached hydrogen (secondary N) is 1. The molecule has 0 atom stereocenters. The molecule has 0 aromatic heterocycles. The summed E-state index contributed by atoms with van der Waals surface area (Å²) < 4.78 is 10.5. The van der Waals surface area contributed by atoms with Crippen LogP contribution in [-0.4, -0.2) is 36.6 Å². The fraction of sp³-hybridized carbons (Fsp3) is 0.300. The van der Waals surface area contributed by atoms with Crippen LogP contribution in [0.5, 0.6) is 11.5 Å². The molecule has 6 heteroatoms. The summed E-state index contributed by atoms with van der Waals surface area (Å²) in [4.78, 5) is 26.5. The molecular formula is C20H20N2O4. The Kier molecular flexibility index (Phi) is 4.48. The zero-order valence-electron chi connectivity index (χ0n) is 14.4. The maximum Gasteiger partial charge on any atom is 0.253 e. The fourth-order valence-corrected chi connectivity index (χ4v) is 3.19. The van der Waals surface area contributed by atoms with Gasteiger partial charge in [0.15, 0.2) is 11.5 Å². The third kappa shape index (κ3) is 3.35. The summed E-state index contributed by atoms with van der Waals surface area (Å²) in [6.45, 7) is 2.26. The van der Waals surface area contributed by atoms with Crippen LogP contribution in [0, 0.1) is 0 Å². The minimum Gasteiger partial charge on any atom is -0.454 e. The van der Waals surface area contributed by atoms with E-state index in [1.54, 1.807) is 18.2 Å². The Morgan fingerprint density at radius 1 is 0.923 bits per heavy atom. The van der Waals surface area contributed by atoms with Gasteiger partial charge in [-0.3, -0.25) is 9.59 Å². The number of carbonyl (C=O) groups excluding carboxylic acids is 2. The maximum absolute atomic E-state index is 12.3. The predicted molar refractivity (Wildman–Crippen MR) is 95.3 cm³/mol. The highest BCUT2D eigenvalue weighted by Gasteiger charge is 2.19. The first kappa shape index (κ1) is 16.4. The summed E-state index contributed by atoms with van der Waals surface area (Å²) in [7, 11) is 0. The number of likely N-dealkylation sites (tertiary alicyclic amines) is 1. The molecule has 6 nitrogen and oxygen atoms in total. The molecule has 134 valence electrons. The number of ether oxygens (including phenoxy) is 2. The first-order chi connectivity index (χ1) is 12.7. The van der Waals surface area contributed by atoms with Crippen molar-refractivity contribution in [1.29, 1.82) is 0 Å². The highest BCUT2D eigenvalue weighted by Crippen LogP contribution is 2.32. The molecule has 2 aliphatic rings. The van der Waals surface area contributed by atoms with Gasteiger partial charge in [0, 0.05) is 30.8 Å². The number of fused-ring (bicyclic) bond motifs is 1. The third-order valence-corrected chi connectivity index (χ3v) is 4.68. The number of hydrogen-bond acceptors (Lipinski definition) is 4. The van der Waals surface area contributed by atoms with Crippen molar-refractivity contribution in [2.24, 2.45) is 0 Å². The highest BCUT2D eigenvalue weighted by atomic mass is 16.7. The Morgan fingerprint density at radius 2 is 1.62 bits per heavy atom. The molecule has 0 aliphatic carbocycles. The molecule has 1 fully saturated rings. The van der Waals surface area contributed by atoms with Crippen LogP contribution in [0.4, 0.5) is 0 Å². The van der Waals surface area contributed by atoms with E-state index in [1.165, 1.54) is 0 Å². The molecular weight excluding hydrogens is 332 g/mol. The van der Waals surface area contributed by atoms with Crippen molar-refractivity contribution in [2.45, 2.75) is 19.4 Å². The smallest absolute Gasteiger partial charge is 0.253 e. The number of amides is 2. The van der Waals surface area contributed by atoms with E-state index >= 15 is 0 Å². The summed E-state index contributed by atoms with van der Waals surface area (Å²) in [5.41, 5.74) is 2.16. The van der Waals surface area contributed by atoms with Gasteiger partial charge in [0.05, 0.1) is 0 Å². The lowest BCUT2D eigenvalue weighted by Gasteiger charge is -2.15. The molecule has 26 heavy (non-hydrogen) atoms. The van der Waals surface area contributed by atoms with Crippen molar-refractivity contribution in [1.82, 2.24) is 10.2 Å². The topological polar surface area (TPSA) is 67.9 Å². The molecule has 1 saturated heterocycles. The molecule has 2 aromatic rings. The van der Waals surface area contributed by atoms with Crippen LogP contribution in [0.15, 0.2) is 42.5 Å². The van der Waals surface area contributed by atoms with E-state index in [0.717, 1.165) is 31.5 Å². The summed E-state index contributed by atoms with van der Waals surface area (Å²) in [6.07, 6.45) is 2.16. The van der Waals surface area contributed by atoms with Crippen molar-refractivity contribution < 1.29 is 19.1 Å². The molecule has 1 N–H and O–H groups in total. The van der Waals surface area contributed by atoms with Crippen molar-refractivity contribution >= 4 is 11.8 Å². The quantitative estimate of drug-likeness (QED) is 0.918. The van der Waals surface area contributed by atoms with Gasteiger partial charge in [-0.1, -0.05) is 12.1 Å². The van der Waals surface area contributed by atoms with Gasteiger partial charge < -0.3 is 19.7 Å². The fourth-order valence-electron chi connectivity index (χ4n) is 3.19. The lowest BCUT2D eigenvalue weighted by molar-refractivity contribution is 0.0792. The van der Waals surface area contributed by atoms with Gasteiger partial charge in [0.2, 0.25) is 6.79 Å². The van der Waals surface area contributed by atoms with Gasteiger partial charge in [-0.2, -0.15) is 0 Å². The summed E-state index contributed by atoms with van der Waals surface area (Å²) in [5, 5.41) is 2.88. The second kappa shape index (κ2) is 7.07. The Morgan fingerprint density at radius 3 is 2.38 bits per heavy atom. The van der Waals surface area contributed by atoms with E-state index in [0.29, 0.717) is 29.2 Å². The van der Waals surface area contributed by atoms with Gasteiger partial charge in [-0.05, 0) is 48.7 Å². The monoisotopic (exact) mass is 352 g/mol. The van der Waals surface area contributed by atoms with Crippen molar-refractivity contribution in [3.05, 3.63) is 59.2 Å². The van der Waals surface area contributed by atoms with E-state index < -0.39 is 0 Å². The van der Waals surface area contributed by atoms with Gasteiger partial charge in [-0.25, -0.2) is 0 Å². The first-order valence-electron chi connectivity index (χ1n) is 8.77. The van der Waals surface area contributed by atoms with Crippen molar-refractivity contribution in [3.63, 3.8) is 0 Å². The standard InChI is InChI=1S/C20H20N2O4/c23-19(16-7-8-17-18(11-16)26-13-25-17)21-12-14-3-5-15(6-4-14)20(24)22-9-1-2-10-22/h3-8,11H,1-2,9-10,12-13H2,(H,21,23). The molecule has 0 spiro atoms. The number of hydrogen-bond donors (Lipinski definition) is 1. The SMILES string of the molecule is O=C(NCc1ccc(C(=O)N2CCCC2)cc1)c1ccc2c(c1)OCO2. The van der Waals surface area contributed by atoms with Crippen LogP contribution in [0.2, 0.25) is 0 Å². The number of benzene rings is 2. The summed E-state index contributed by atoms with van der Waals surface area (Å²) in [6, 6.07) is 12.5. The molecule has 0 unspecified atom stereocenters. The lowest BCUT2D eigenvalue weighted by Crippen LogP contribution is -2.27. The second-order valence-corrected chi connectivity index (χ2v) is 6.45. The van der Waals surface area contributed by atoms with Crippen LogP contribution < -0.4 is 14.8 Å². The van der Waals surface area contributed by atoms with E-state index in [1.807, 2.05) is 29.2 Å². The van der Waals surface area contributed by atoms with Crippen LogP contribution in [-0.2, 0) is 6.54 Å². The average molecular weight is 352 g/mol. The Balaban J connectivity index is 1.35. The highest BCUT2D eigenvalue weighted by molar-refractivity contribution is 5.95. The molecule has 0 bridgehead atoms. The van der Waals surface area contributed by atoms with Crippen LogP contribution >= 0.6 is 0 Å². The van der Waals surface area contributed by atoms with E-state index in [9.17, 15) is 9.59 Å². The number of nitrogens with zero attached hydrogens (tertiary/aromatic N) is 1.